The van der Waals surface area contributed by atoms with Crippen LogP contribution in [0.5, 0.6) is 0 Å². The number of thioether (sulfide) groups is 1. The topological polar surface area (TPSA) is 219 Å². The monoisotopic (exact) mass is 1620 g/mol. The van der Waals surface area contributed by atoms with Crippen LogP contribution in [-0.2, 0) is 36.9 Å². The van der Waals surface area contributed by atoms with Crippen LogP contribution in [0.3, 0.4) is 0 Å². The molecule has 3 saturated heterocycles. The molecule has 6 aromatic carbocycles. The van der Waals surface area contributed by atoms with Gasteiger partial charge >= 0.3 is 0 Å². The van der Waals surface area contributed by atoms with E-state index in [1.807, 2.05) is 39.0 Å². The maximum Gasteiger partial charge on any atom is 0.286 e. The summed E-state index contributed by atoms with van der Waals surface area (Å²) in [4.78, 5) is 40.5. The minimum atomic E-state index is -3.70. The molecular formula is C81H76Cl3F5N12O7S3. The third-order valence-corrected chi connectivity index (χ3v) is 27.2. The van der Waals surface area contributed by atoms with Crippen molar-refractivity contribution in [2.24, 2.45) is 35.5 Å². The highest BCUT2D eigenvalue weighted by Crippen LogP contribution is 2.44. The fourth-order valence-corrected chi connectivity index (χ4v) is 22.0. The first-order valence-corrected chi connectivity index (χ1v) is 42.9. The van der Waals surface area contributed by atoms with E-state index in [-0.39, 0.29) is 62.9 Å². The summed E-state index contributed by atoms with van der Waals surface area (Å²) in [5.74, 6) is -0.398. The number of sulfone groups is 2. The number of aromatic nitrogens is 6. The number of hydrogen-bond donors (Lipinski definition) is 3. The van der Waals surface area contributed by atoms with Crippen molar-refractivity contribution >= 4 is 119 Å². The fraction of sp³-hybridized carbons (Fsp3) is 0.333. The average Bonchev–Trinajstić information content (AvgIpc) is 1.61. The fourth-order valence-electron chi connectivity index (χ4n) is 17.4. The number of nitrogens with one attached hydrogen (secondary N) is 3. The molecule has 3 aliphatic carbocycles. The van der Waals surface area contributed by atoms with Gasteiger partial charge < -0.3 is 0 Å². The van der Waals surface area contributed by atoms with Crippen LogP contribution in [0, 0.1) is 64.6 Å². The molecular weight excluding hydrogens is 1550 g/mol. The summed E-state index contributed by atoms with van der Waals surface area (Å²) in [7, 11) is -7.30. The molecule has 6 atom stereocenters. The van der Waals surface area contributed by atoms with Gasteiger partial charge in [-0.25, -0.2) is 67.9 Å². The molecule has 576 valence electrons. The first kappa shape index (κ1) is 76.2. The van der Waals surface area contributed by atoms with Crippen molar-refractivity contribution in [1.82, 2.24) is 60.6 Å². The summed E-state index contributed by atoms with van der Waals surface area (Å²) in [5, 5.41) is 21.1. The molecule has 9 heterocycles. The van der Waals surface area contributed by atoms with Gasteiger partial charge in [0.15, 0.2) is 42.6 Å². The van der Waals surface area contributed by atoms with Gasteiger partial charge in [-0.15, -0.1) is 0 Å². The number of nitrogens with zero attached hydrogens (tertiary/aromatic N) is 9. The van der Waals surface area contributed by atoms with Crippen LogP contribution in [0.25, 0.3) is 52.0 Å². The number of carbonyl (C=O) groups excluding carboxylic acids is 3. The van der Waals surface area contributed by atoms with Crippen LogP contribution in [0.2, 0.25) is 15.1 Å². The van der Waals surface area contributed by atoms with Gasteiger partial charge in [0.25, 0.3) is 17.7 Å². The Kier molecular flexibility index (Phi) is 21.7. The first-order valence-electron chi connectivity index (χ1n) is 37.0. The van der Waals surface area contributed by atoms with Crippen molar-refractivity contribution < 1.29 is 53.2 Å². The van der Waals surface area contributed by atoms with Crippen LogP contribution >= 0.6 is 46.6 Å². The highest BCUT2D eigenvalue weighted by molar-refractivity contribution is 7.99. The smallest absolute Gasteiger partial charge is 0.283 e. The maximum atomic E-state index is 14.9. The van der Waals surface area contributed by atoms with Gasteiger partial charge in [0.05, 0.1) is 56.5 Å². The largest absolute Gasteiger partial charge is 0.286 e. The van der Waals surface area contributed by atoms with E-state index < -0.39 is 60.5 Å². The van der Waals surface area contributed by atoms with Crippen LogP contribution in [0.1, 0.15) is 140 Å². The summed E-state index contributed by atoms with van der Waals surface area (Å²) >= 11 is 20.5. The summed E-state index contributed by atoms with van der Waals surface area (Å²) in [6.45, 7) is 4.80. The molecule has 9 aliphatic rings. The van der Waals surface area contributed by atoms with E-state index in [2.05, 4.69) is 37.6 Å². The molecule has 3 aromatic heterocycles. The first-order chi connectivity index (χ1) is 53.4. The molecule has 18 rings (SSSR count). The molecule has 6 fully saturated rings. The SMILES string of the molecule is O=C(NN1CC2CCCC2C1)c1nn(-c2ccc(Cl)cc2)c2c1CSC/C2=C\c1ccc(F)cc1.O=C(NN1CC2CCCC2C1)c1nn(-c2ccc(Cl)cc2Cl)c2c1CS(=O)(=O)C/C2=C\c1ccc(F)cc1.O=C(NN1CC2CCCC2C1)c1nn(-c2ccc(F)cc2F)c2c1CS(=O)(=O)C/C2=C\c1ccc(F)cc1. The zero-order chi connectivity index (χ0) is 77.1. The predicted molar refractivity (Wildman–Crippen MR) is 419 cm³/mol. The zero-order valence-corrected chi connectivity index (χ0v) is 64.6. The van der Waals surface area contributed by atoms with E-state index in [0.717, 1.165) is 91.8 Å². The second kappa shape index (κ2) is 31.7. The summed E-state index contributed by atoms with van der Waals surface area (Å²) < 4.78 is 126. The lowest BCUT2D eigenvalue weighted by Crippen LogP contribution is -2.41. The standard InChI is InChI=1S/C27H25Cl2FN4O3S.C27H26ClFN4OS.C27H25F3N4O3S/c28-20-6-9-24(23(29)11-20)34-26-19(10-16-4-7-21(30)8-5-16)14-38(36,37)15-22(26)25(31-34)27(35)32-33-12-17-2-1-3-18(17)13-33;28-21-6-10-23(11-7-21)33-26-20(12-17-4-8-22(29)9-5-17)15-35-16-24(26)25(30-33)27(34)31-32-13-18-2-1-3-19(18)14-32;28-20-6-4-16(5-7-20)10-19-14-38(36,37)15-22-25(27(35)32-33-12-17-2-1-3-18(17)13-33)31-34(26(19)22)24-9-8-21(29)11-23(24)30/h4-11,17-18H,1-3,12-15H2,(H,32,35);4-12,18-19H,1-3,13-16H2,(H,31,34);4-11,17-18H,1-3,12-15H2,(H,32,35)/b19-10+;20-12+;19-10+. The Balaban J connectivity index is 0.000000126. The molecule has 9 aromatic rings. The normalized spacial score (nSPS) is 23.2. The number of rotatable bonds is 12. The lowest BCUT2D eigenvalue weighted by atomic mass is 10.0. The van der Waals surface area contributed by atoms with E-state index in [4.69, 9.17) is 39.9 Å². The van der Waals surface area contributed by atoms with E-state index >= 15 is 0 Å². The van der Waals surface area contributed by atoms with Gasteiger partial charge in [-0.05, 0) is 217 Å². The Morgan fingerprint density at radius 2 is 0.766 bits per heavy atom. The van der Waals surface area contributed by atoms with Crippen LogP contribution in [-0.4, -0.2) is 135 Å². The molecule has 111 heavy (non-hydrogen) atoms. The van der Waals surface area contributed by atoms with Crippen molar-refractivity contribution in [2.45, 2.75) is 75.0 Å². The summed E-state index contributed by atoms with van der Waals surface area (Å²) in [6, 6.07) is 33.0. The molecule has 30 heteroatoms. The second-order valence-electron chi connectivity index (χ2n) is 30.0. The van der Waals surface area contributed by atoms with Crippen molar-refractivity contribution in [2.75, 3.05) is 56.5 Å². The van der Waals surface area contributed by atoms with Crippen molar-refractivity contribution in [3.8, 4) is 17.1 Å². The quantitative estimate of drug-likeness (QED) is 0.0970. The molecule has 0 radical (unpaired) electrons. The van der Waals surface area contributed by atoms with Gasteiger partial charge in [0.2, 0.25) is 0 Å². The molecule has 3 amide bonds. The third-order valence-electron chi connectivity index (χ3n) is 22.4. The number of fused-ring (bicyclic) bond motifs is 6. The number of amides is 3. The second-order valence-corrected chi connectivity index (χ2v) is 36.4. The summed E-state index contributed by atoms with van der Waals surface area (Å²) in [6.07, 6.45) is 16.0. The van der Waals surface area contributed by atoms with Crippen molar-refractivity contribution in [3.05, 3.63) is 245 Å². The van der Waals surface area contributed by atoms with E-state index in [0.29, 0.717) is 115 Å². The highest BCUT2D eigenvalue weighted by Gasteiger charge is 2.43. The minimum Gasteiger partial charge on any atom is -0.283 e. The van der Waals surface area contributed by atoms with Gasteiger partial charge in [-0.3, -0.25) is 30.7 Å². The number of halogens is 8. The molecule has 3 saturated carbocycles. The van der Waals surface area contributed by atoms with Crippen LogP contribution in [0.15, 0.2) is 133 Å². The Morgan fingerprint density at radius 3 is 1.18 bits per heavy atom. The number of benzene rings is 6. The lowest BCUT2D eigenvalue weighted by Gasteiger charge is -2.20. The third kappa shape index (κ3) is 16.6. The Hall–Kier alpha value is -8.77. The van der Waals surface area contributed by atoms with Gasteiger partial charge in [0, 0.05) is 83.6 Å². The lowest BCUT2D eigenvalue weighted by molar-refractivity contribution is 0.0800. The van der Waals surface area contributed by atoms with Crippen LogP contribution in [0.4, 0.5) is 22.0 Å². The molecule has 0 spiro atoms. The van der Waals surface area contributed by atoms with Crippen molar-refractivity contribution in [3.63, 3.8) is 0 Å². The molecule has 6 unspecified atom stereocenters. The number of hydrogen-bond acceptors (Lipinski definition) is 14. The molecule has 6 aliphatic heterocycles. The minimum absolute atomic E-state index is 0.0383. The Bertz CT molecular complexity index is 5220. The molecule has 3 N–H and O–H groups in total. The molecule has 0 bridgehead atoms. The summed E-state index contributed by atoms with van der Waals surface area (Å²) in [5.41, 5.74) is 17.4. The van der Waals surface area contributed by atoms with Crippen LogP contribution < -0.4 is 16.3 Å². The van der Waals surface area contributed by atoms with E-state index in [1.165, 1.54) is 96.1 Å². The Labute approximate surface area is 657 Å². The highest BCUT2D eigenvalue weighted by atomic mass is 35.5. The Morgan fingerprint density at radius 1 is 0.405 bits per heavy atom. The number of carbonyl (C=O) groups is 3. The predicted octanol–water partition coefficient (Wildman–Crippen LogP) is 15.1. The van der Waals surface area contributed by atoms with Gasteiger partial charge in [-0.1, -0.05) is 90.5 Å². The molecule has 19 nitrogen and oxygen atoms in total. The zero-order valence-electron chi connectivity index (χ0n) is 59.9. The maximum absolute atomic E-state index is 14.9. The van der Waals surface area contributed by atoms with Gasteiger partial charge in [0.1, 0.15) is 29.0 Å². The van der Waals surface area contributed by atoms with Crippen molar-refractivity contribution in [1.29, 1.82) is 0 Å². The van der Waals surface area contributed by atoms with E-state index in [9.17, 15) is 53.2 Å². The average molecular weight is 1630 g/mol. The van der Waals surface area contributed by atoms with E-state index in [1.54, 1.807) is 66.4 Å². The van der Waals surface area contributed by atoms with Gasteiger partial charge in [-0.2, -0.15) is 27.1 Å². The number of hydrazine groups is 3.